The van der Waals surface area contributed by atoms with Crippen molar-refractivity contribution in [2.24, 2.45) is 0 Å². The van der Waals surface area contributed by atoms with Crippen molar-refractivity contribution in [1.29, 1.82) is 0 Å². The second kappa shape index (κ2) is 10.5. The molecule has 1 fully saturated rings. The molecule has 0 unspecified atom stereocenters. The van der Waals surface area contributed by atoms with Gasteiger partial charge >= 0.3 is 0 Å². The van der Waals surface area contributed by atoms with Crippen LogP contribution >= 0.6 is 0 Å². The van der Waals surface area contributed by atoms with E-state index in [0.29, 0.717) is 24.4 Å². The number of furan rings is 1. The molecule has 0 radical (unpaired) electrons. The molecule has 7 nitrogen and oxygen atoms in total. The Morgan fingerprint density at radius 3 is 2.64 bits per heavy atom. The molecule has 36 heavy (non-hydrogen) atoms. The molecule has 1 atom stereocenters. The maximum absolute atomic E-state index is 13.8. The van der Waals surface area contributed by atoms with E-state index in [4.69, 9.17) is 4.42 Å². The monoisotopic (exact) mass is 490 g/mol. The average molecular weight is 491 g/mol. The molecule has 1 N–H and O–H groups in total. The van der Waals surface area contributed by atoms with E-state index in [1.807, 2.05) is 34.6 Å². The molecule has 0 spiro atoms. The van der Waals surface area contributed by atoms with Crippen LogP contribution in [0.25, 0.3) is 11.1 Å². The fraction of sp³-hybridized carbons (Fsp3) is 0.517. The molecule has 1 saturated carbocycles. The number of fused-ring (bicyclic) bond motifs is 3. The van der Waals surface area contributed by atoms with E-state index >= 15 is 0 Å². The third kappa shape index (κ3) is 4.94. The molecule has 2 aromatic heterocycles. The van der Waals surface area contributed by atoms with Gasteiger partial charge in [0, 0.05) is 31.3 Å². The first-order valence-corrected chi connectivity index (χ1v) is 13.4. The van der Waals surface area contributed by atoms with E-state index in [9.17, 15) is 9.59 Å². The van der Waals surface area contributed by atoms with Gasteiger partial charge in [-0.15, -0.1) is 0 Å². The lowest BCUT2D eigenvalue weighted by molar-refractivity contribution is -0.133. The molecule has 1 aliphatic heterocycles. The molecule has 1 aromatic carbocycles. The zero-order chi connectivity index (χ0) is 25.1. The Hall–Kier alpha value is -3.06. The van der Waals surface area contributed by atoms with Crippen LogP contribution in [0.4, 0.5) is 0 Å². The van der Waals surface area contributed by atoms with Gasteiger partial charge in [-0.05, 0) is 45.3 Å². The second-order valence-corrected chi connectivity index (χ2v) is 10.8. The van der Waals surface area contributed by atoms with Crippen molar-refractivity contribution in [3.8, 4) is 0 Å². The van der Waals surface area contributed by atoms with Crippen molar-refractivity contribution in [3.63, 3.8) is 0 Å². The lowest BCUT2D eigenvalue weighted by atomic mass is 9.93. The highest BCUT2D eigenvalue weighted by molar-refractivity contribution is 6.02. The Labute approximate surface area is 213 Å². The van der Waals surface area contributed by atoms with Crippen molar-refractivity contribution < 1.29 is 14.0 Å². The summed E-state index contributed by atoms with van der Waals surface area (Å²) in [7, 11) is 2.10. The zero-order valence-corrected chi connectivity index (χ0v) is 21.5. The van der Waals surface area contributed by atoms with Crippen LogP contribution in [0.2, 0.25) is 0 Å². The number of nitrogens with zero attached hydrogens (tertiary/aromatic N) is 3. The van der Waals surface area contributed by atoms with E-state index in [0.717, 1.165) is 50.7 Å². The van der Waals surface area contributed by atoms with E-state index in [1.165, 1.54) is 18.4 Å². The standard InChI is InChI=1S/C29H38N4O3/c1-29(28(35)30-23-13-8-3-4-9-14-23)21-32-24-15-18-36-26(24)19-25(32)27(34)33(29)17-10-16-31(2)20-22-11-6-5-7-12-22/h5-7,11-12,15,18-19,23H,3-4,8-10,13-14,16-17,20-21H2,1-2H3,(H,30,35)/t29-/m1/s1. The van der Waals surface area contributed by atoms with Gasteiger partial charge in [0.25, 0.3) is 5.91 Å². The summed E-state index contributed by atoms with van der Waals surface area (Å²) in [4.78, 5) is 31.7. The highest BCUT2D eigenvalue weighted by Gasteiger charge is 2.48. The lowest BCUT2D eigenvalue weighted by Gasteiger charge is -2.44. The van der Waals surface area contributed by atoms with Crippen LogP contribution in [0, 0.1) is 0 Å². The fourth-order valence-corrected chi connectivity index (χ4v) is 5.86. The predicted octanol–water partition coefficient (Wildman–Crippen LogP) is 4.81. The van der Waals surface area contributed by atoms with Crippen LogP contribution < -0.4 is 5.32 Å². The number of aromatic nitrogens is 1. The van der Waals surface area contributed by atoms with Gasteiger partial charge in [-0.2, -0.15) is 0 Å². The summed E-state index contributed by atoms with van der Waals surface area (Å²) >= 11 is 0. The summed E-state index contributed by atoms with van der Waals surface area (Å²) in [6, 6.07) is 14.3. The zero-order valence-electron chi connectivity index (χ0n) is 21.5. The molecule has 3 aromatic rings. The Morgan fingerprint density at radius 2 is 1.89 bits per heavy atom. The van der Waals surface area contributed by atoms with Crippen LogP contribution in [0.3, 0.4) is 0 Å². The number of amides is 2. The molecule has 0 bridgehead atoms. The highest BCUT2D eigenvalue weighted by Crippen LogP contribution is 2.33. The summed E-state index contributed by atoms with van der Waals surface area (Å²) in [5.74, 6) is -0.145. The summed E-state index contributed by atoms with van der Waals surface area (Å²) in [6.45, 7) is 4.57. The molecular formula is C29H38N4O3. The van der Waals surface area contributed by atoms with E-state index in [2.05, 4.69) is 41.5 Å². The van der Waals surface area contributed by atoms with Crippen LogP contribution in [0.1, 0.15) is 67.9 Å². The molecular weight excluding hydrogens is 452 g/mol. The number of hydrogen-bond acceptors (Lipinski definition) is 4. The minimum Gasteiger partial charge on any atom is -0.463 e. The number of rotatable bonds is 8. The molecule has 192 valence electrons. The van der Waals surface area contributed by atoms with Crippen molar-refractivity contribution in [1.82, 2.24) is 19.7 Å². The van der Waals surface area contributed by atoms with Gasteiger partial charge in [0.1, 0.15) is 11.2 Å². The molecule has 2 amide bonds. The van der Waals surface area contributed by atoms with Crippen molar-refractivity contribution >= 4 is 22.9 Å². The molecule has 2 aliphatic rings. The number of carbonyl (C=O) groups is 2. The first-order chi connectivity index (χ1) is 17.5. The molecule has 3 heterocycles. The molecule has 0 saturated heterocycles. The average Bonchev–Trinajstić information content (AvgIpc) is 3.36. The van der Waals surface area contributed by atoms with Crippen LogP contribution in [-0.2, 0) is 17.9 Å². The SMILES string of the molecule is CN(CCCN1C(=O)c2cc3occc3n2C[C@]1(C)C(=O)NC1CCCCCC1)Cc1ccccc1. The first-order valence-electron chi connectivity index (χ1n) is 13.4. The third-order valence-corrected chi connectivity index (χ3v) is 7.95. The van der Waals surface area contributed by atoms with Crippen molar-refractivity contribution in [2.45, 2.75) is 76.5 Å². The summed E-state index contributed by atoms with van der Waals surface area (Å²) in [6.07, 6.45) is 9.22. The minimum absolute atomic E-state index is 0.0450. The summed E-state index contributed by atoms with van der Waals surface area (Å²) in [5, 5.41) is 3.34. The predicted molar refractivity (Wildman–Crippen MR) is 141 cm³/mol. The largest absolute Gasteiger partial charge is 0.463 e. The van der Waals surface area contributed by atoms with Crippen LogP contribution in [-0.4, -0.2) is 57.9 Å². The number of carbonyl (C=O) groups excluding carboxylic acids is 2. The van der Waals surface area contributed by atoms with Crippen LogP contribution in [0.5, 0.6) is 0 Å². The normalized spacial score (nSPS) is 21.1. The lowest BCUT2D eigenvalue weighted by Crippen LogP contribution is -2.65. The first kappa shape index (κ1) is 24.6. The van der Waals surface area contributed by atoms with Gasteiger partial charge < -0.3 is 24.1 Å². The molecule has 5 rings (SSSR count). The van der Waals surface area contributed by atoms with E-state index in [1.54, 1.807) is 6.26 Å². The topological polar surface area (TPSA) is 70.7 Å². The number of benzene rings is 1. The quantitative estimate of drug-likeness (QED) is 0.460. The smallest absolute Gasteiger partial charge is 0.271 e. The van der Waals surface area contributed by atoms with Crippen LogP contribution in [0.15, 0.2) is 53.1 Å². The Balaban J connectivity index is 1.34. The number of nitrogens with one attached hydrogen (secondary N) is 1. The molecule has 1 aliphatic carbocycles. The third-order valence-electron chi connectivity index (χ3n) is 7.95. The van der Waals surface area contributed by atoms with Crippen molar-refractivity contribution in [2.75, 3.05) is 20.1 Å². The van der Waals surface area contributed by atoms with E-state index in [-0.39, 0.29) is 17.9 Å². The fourth-order valence-electron chi connectivity index (χ4n) is 5.86. The molecule has 7 heteroatoms. The van der Waals surface area contributed by atoms with Gasteiger partial charge in [0.05, 0.1) is 18.3 Å². The highest BCUT2D eigenvalue weighted by atomic mass is 16.3. The van der Waals surface area contributed by atoms with Gasteiger partial charge in [-0.1, -0.05) is 56.0 Å². The van der Waals surface area contributed by atoms with Gasteiger partial charge in [-0.3, -0.25) is 9.59 Å². The Bertz CT molecular complexity index is 1190. The summed E-state index contributed by atoms with van der Waals surface area (Å²) < 4.78 is 7.55. The summed E-state index contributed by atoms with van der Waals surface area (Å²) in [5.41, 5.74) is 2.46. The Morgan fingerprint density at radius 1 is 1.14 bits per heavy atom. The maximum atomic E-state index is 13.8. The van der Waals surface area contributed by atoms with Gasteiger partial charge in [0.15, 0.2) is 5.58 Å². The number of hydrogen-bond donors (Lipinski definition) is 1. The van der Waals surface area contributed by atoms with Crippen molar-refractivity contribution in [3.05, 3.63) is 60.0 Å². The second-order valence-electron chi connectivity index (χ2n) is 10.8. The van der Waals surface area contributed by atoms with Gasteiger partial charge in [-0.25, -0.2) is 0 Å². The Kier molecular flexibility index (Phi) is 7.19. The van der Waals surface area contributed by atoms with E-state index < -0.39 is 5.54 Å². The minimum atomic E-state index is -0.961. The maximum Gasteiger partial charge on any atom is 0.271 e. The van der Waals surface area contributed by atoms with Gasteiger partial charge in [0.2, 0.25) is 5.91 Å².